The first-order valence-corrected chi connectivity index (χ1v) is 4.19. The first-order chi connectivity index (χ1) is 4.13. The maximum atomic E-state index is 3.42. The van der Waals surface area contributed by atoms with Gasteiger partial charge in [0.15, 0.2) is 0 Å². The zero-order chi connectivity index (χ0) is 7.02. The van der Waals surface area contributed by atoms with Crippen LogP contribution in [0.3, 0.4) is 0 Å². The van der Waals surface area contributed by atoms with Crippen molar-refractivity contribution in [3.63, 3.8) is 0 Å². The fourth-order valence-electron chi connectivity index (χ4n) is 0.655. The van der Waals surface area contributed by atoms with Gasteiger partial charge in [0.1, 0.15) is 0 Å². The van der Waals surface area contributed by atoms with E-state index in [9.17, 15) is 0 Å². The molecule has 0 aromatic carbocycles. The molecule has 9 heavy (non-hydrogen) atoms. The van der Waals surface area contributed by atoms with Crippen LogP contribution in [0.15, 0.2) is 15.1 Å². The van der Waals surface area contributed by atoms with Crippen LogP contribution in [0.4, 0.5) is 0 Å². The van der Waals surface area contributed by atoms with Crippen molar-refractivity contribution in [3.8, 4) is 0 Å². The lowest BCUT2D eigenvalue weighted by atomic mass is 10.5. The molecule has 0 radical (unpaired) electrons. The van der Waals surface area contributed by atoms with Crippen LogP contribution >= 0.6 is 31.9 Å². The van der Waals surface area contributed by atoms with Gasteiger partial charge in [-0.25, -0.2) is 0 Å². The van der Waals surface area contributed by atoms with Crippen molar-refractivity contribution < 1.29 is 0 Å². The lowest BCUT2D eigenvalue weighted by Crippen LogP contribution is -1.88. The Morgan fingerprint density at radius 1 is 1.44 bits per heavy atom. The monoisotopic (exact) mass is 251 g/mol. The largest absolute Gasteiger partial charge is 0.342 e. The minimum absolute atomic E-state index is 1.10. The Bertz CT molecular complexity index is 205. The molecule has 1 aromatic heterocycles. The molecule has 0 atom stereocenters. The molecule has 0 saturated heterocycles. The SMILES string of the molecule is Cc1cc(Br)c(Br)n1C. The number of hydrogen-bond acceptors (Lipinski definition) is 0. The summed E-state index contributed by atoms with van der Waals surface area (Å²) >= 11 is 6.82. The fourth-order valence-corrected chi connectivity index (χ4v) is 1.65. The summed E-state index contributed by atoms with van der Waals surface area (Å²) in [5, 5.41) is 0. The van der Waals surface area contributed by atoms with Crippen LogP contribution in [0.5, 0.6) is 0 Å². The lowest BCUT2D eigenvalue weighted by molar-refractivity contribution is 0.858. The van der Waals surface area contributed by atoms with Crippen molar-refractivity contribution >= 4 is 31.9 Å². The van der Waals surface area contributed by atoms with E-state index in [1.54, 1.807) is 0 Å². The normalized spacial score (nSPS) is 10.2. The third-order valence-corrected chi connectivity index (χ3v) is 3.45. The summed E-state index contributed by atoms with van der Waals surface area (Å²) < 4.78 is 4.28. The average molecular weight is 253 g/mol. The second-order valence-electron chi connectivity index (χ2n) is 1.98. The van der Waals surface area contributed by atoms with Crippen LogP contribution < -0.4 is 0 Å². The third-order valence-electron chi connectivity index (χ3n) is 1.36. The van der Waals surface area contributed by atoms with E-state index >= 15 is 0 Å². The van der Waals surface area contributed by atoms with E-state index in [1.807, 2.05) is 7.05 Å². The zero-order valence-electron chi connectivity index (χ0n) is 5.28. The molecule has 0 aliphatic rings. The molecule has 0 unspecified atom stereocenters. The van der Waals surface area contributed by atoms with Crippen molar-refractivity contribution in [1.29, 1.82) is 0 Å². The standard InChI is InChI=1S/C6H7Br2N/c1-4-3-5(7)6(8)9(4)2/h3H,1-2H3. The van der Waals surface area contributed by atoms with E-state index in [1.165, 1.54) is 5.69 Å². The van der Waals surface area contributed by atoms with E-state index in [0.717, 1.165) is 9.08 Å². The Balaban J connectivity index is 3.29. The Labute approximate surface area is 71.3 Å². The van der Waals surface area contributed by atoms with Crippen molar-refractivity contribution in [2.45, 2.75) is 6.92 Å². The highest BCUT2D eigenvalue weighted by Crippen LogP contribution is 2.25. The average Bonchev–Trinajstić information content (AvgIpc) is 1.98. The van der Waals surface area contributed by atoms with Gasteiger partial charge in [-0.1, -0.05) is 0 Å². The fraction of sp³-hybridized carbons (Fsp3) is 0.333. The van der Waals surface area contributed by atoms with Crippen LogP contribution in [-0.2, 0) is 7.05 Å². The van der Waals surface area contributed by atoms with Gasteiger partial charge >= 0.3 is 0 Å². The van der Waals surface area contributed by atoms with E-state index in [2.05, 4.69) is 49.4 Å². The summed E-state index contributed by atoms with van der Waals surface area (Å²) in [6, 6.07) is 2.07. The van der Waals surface area contributed by atoms with Crippen LogP contribution in [0.25, 0.3) is 0 Å². The molecule has 1 rings (SSSR count). The number of aromatic nitrogens is 1. The van der Waals surface area contributed by atoms with Gasteiger partial charge in [0.25, 0.3) is 0 Å². The molecule has 1 nitrogen and oxygen atoms in total. The minimum Gasteiger partial charge on any atom is -0.342 e. The molecule has 0 N–H and O–H groups in total. The lowest BCUT2D eigenvalue weighted by Gasteiger charge is -1.95. The first-order valence-electron chi connectivity index (χ1n) is 2.60. The topological polar surface area (TPSA) is 4.93 Å². The van der Waals surface area contributed by atoms with Crippen molar-refractivity contribution in [3.05, 3.63) is 20.8 Å². The zero-order valence-corrected chi connectivity index (χ0v) is 8.45. The van der Waals surface area contributed by atoms with Crippen molar-refractivity contribution in [2.75, 3.05) is 0 Å². The second kappa shape index (κ2) is 2.46. The van der Waals surface area contributed by atoms with Crippen molar-refractivity contribution in [2.24, 2.45) is 7.05 Å². The van der Waals surface area contributed by atoms with Gasteiger partial charge in [-0.2, -0.15) is 0 Å². The summed E-state index contributed by atoms with van der Waals surface area (Å²) in [5.41, 5.74) is 1.24. The highest BCUT2D eigenvalue weighted by molar-refractivity contribution is 9.13. The maximum absolute atomic E-state index is 3.42. The van der Waals surface area contributed by atoms with Crippen LogP contribution in [-0.4, -0.2) is 4.57 Å². The minimum atomic E-state index is 1.10. The molecule has 50 valence electrons. The van der Waals surface area contributed by atoms with Crippen molar-refractivity contribution in [1.82, 2.24) is 4.57 Å². The summed E-state index contributed by atoms with van der Waals surface area (Å²) in [4.78, 5) is 0. The Hall–Kier alpha value is 0.240. The molecule has 0 fully saturated rings. The Kier molecular flexibility index (Phi) is 2.01. The van der Waals surface area contributed by atoms with Crippen LogP contribution in [0.2, 0.25) is 0 Å². The number of aryl methyl sites for hydroxylation is 1. The molecule has 1 heterocycles. The molecular weight excluding hydrogens is 246 g/mol. The van der Waals surface area contributed by atoms with Gasteiger partial charge in [0, 0.05) is 12.7 Å². The highest BCUT2D eigenvalue weighted by Gasteiger charge is 2.02. The summed E-state index contributed by atoms with van der Waals surface area (Å²) in [6.45, 7) is 2.06. The summed E-state index contributed by atoms with van der Waals surface area (Å²) in [7, 11) is 2.02. The molecule has 3 heteroatoms. The number of nitrogens with zero attached hydrogens (tertiary/aromatic N) is 1. The molecule has 0 aliphatic carbocycles. The Morgan fingerprint density at radius 2 is 2.00 bits per heavy atom. The van der Waals surface area contributed by atoms with Crippen LogP contribution in [0.1, 0.15) is 5.69 Å². The smallest absolute Gasteiger partial charge is 0.0989 e. The predicted octanol–water partition coefficient (Wildman–Crippen LogP) is 2.86. The van der Waals surface area contributed by atoms with Gasteiger partial charge in [-0.15, -0.1) is 0 Å². The molecule has 1 aromatic rings. The highest BCUT2D eigenvalue weighted by atomic mass is 79.9. The molecule has 0 amide bonds. The quantitative estimate of drug-likeness (QED) is 0.669. The van der Waals surface area contributed by atoms with E-state index in [-0.39, 0.29) is 0 Å². The molecule has 0 bridgehead atoms. The predicted molar refractivity (Wildman–Crippen MR) is 45.6 cm³/mol. The third kappa shape index (κ3) is 1.22. The Morgan fingerprint density at radius 3 is 2.11 bits per heavy atom. The molecule has 0 spiro atoms. The maximum Gasteiger partial charge on any atom is 0.0989 e. The molecule has 0 saturated carbocycles. The van der Waals surface area contributed by atoms with E-state index < -0.39 is 0 Å². The van der Waals surface area contributed by atoms with Gasteiger partial charge in [-0.3, -0.25) is 0 Å². The van der Waals surface area contributed by atoms with Gasteiger partial charge in [-0.05, 0) is 44.8 Å². The second-order valence-corrected chi connectivity index (χ2v) is 3.59. The molecular formula is C6H7Br2N. The number of rotatable bonds is 0. The van der Waals surface area contributed by atoms with Gasteiger partial charge in [0.05, 0.1) is 9.08 Å². The molecule has 0 aliphatic heterocycles. The van der Waals surface area contributed by atoms with E-state index in [4.69, 9.17) is 0 Å². The first kappa shape index (κ1) is 7.35. The van der Waals surface area contributed by atoms with Crippen LogP contribution in [0, 0.1) is 6.92 Å². The van der Waals surface area contributed by atoms with E-state index in [0.29, 0.717) is 0 Å². The summed E-state index contributed by atoms with van der Waals surface area (Å²) in [6.07, 6.45) is 0. The summed E-state index contributed by atoms with van der Waals surface area (Å²) in [5.74, 6) is 0. The van der Waals surface area contributed by atoms with Gasteiger partial charge in [0.2, 0.25) is 0 Å². The number of halogens is 2. The number of hydrogen-bond donors (Lipinski definition) is 0. The van der Waals surface area contributed by atoms with Gasteiger partial charge < -0.3 is 4.57 Å².